The summed E-state index contributed by atoms with van der Waals surface area (Å²) >= 11 is 0. The number of carbonyl (C=O) groups excluding carboxylic acids is 1. The fourth-order valence-electron chi connectivity index (χ4n) is 4.15. The van der Waals surface area contributed by atoms with Gasteiger partial charge in [-0.05, 0) is 36.0 Å². The molecule has 1 aliphatic heterocycles. The van der Waals surface area contributed by atoms with Crippen LogP contribution in [0.5, 0.6) is 0 Å². The van der Waals surface area contributed by atoms with Crippen molar-refractivity contribution in [2.75, 3.05) is 19.6 Å². The van der Waals surface area contributed by atoms with Crippen LogP contribution < -0.4 is 10.6 Å². The number of carbonyl (C=O) groups is 1. The number of aryl methyl sites for hydroxylation is 1. The number of amides is 1. The molecule has 26 heavy (non-hydrogen) atoms. The second-order valence-corrected chi connectivity index (χ2v) is 7.38. The number of hydrogen-bond acceptors (Lipinski definition) is 3. The minimum absolute atomic E-state index is 0.129. The van der Waals surface area contributed by atoms with Crippen LogP contribution in [0.2, 0.25) is 0 Å². The van der Waals surface area contributed by atoms with E-state index in [1.54, 1.807) is 0 Å². The monoisotopic (exact) mass is 349 g/mol. The van der Waals surface area contributed by atoms with Gasteiger partial charge in [-0.25, -0.2) is 0 Å². The van der Waals surface area contributed by atoms with Crippen molar-refractivity contribution in [1.82, 2.24) is 15.5 Å². The summed E-state index contributed by atoms with van der Waals surface area (Å²) in [6, 6.07) is 19.0. The van der Waals surface area contributed by atoms with Gasteiger partial charge in [-0.15, -0.1) is 0 Å². The predicted octanol–water partition coefficient (Wildman–Crippen LogP) is 2.65. The Morgan fingerprint density at radius 3 is 2.81 bits per heavy atom. The van der Waals surface area contributed by atoms with Crippen molar-refractivity contribution in [3.8, 4) is 0 Å². The molecule has 2 aromatic rings. The van der Waals surface area contributed by atoms with Crippen LogP contribution >= 0.6 is 0 Å². The first-order chi connectivity index (χ1) is 12.8. The van der Waals surface area contributed by atoms with Gasteiger partial charge in [-0.3, -0.25) is 9.69 Å². The smallest absolute Gasteiger partial charge is 0.238 e. The average molecular weight is 349 g/mol. The molecule has 1 aliphatic carbocycles. The van der Waals surface area contributed by atoms with E-state index in [0.29, 0.717) is 0 Å². The van der Waals surface area contributed by atoms with Crippen molar-refractivity contribution in [3.63, 3.8) is 0 Å². The molecule has 1 amide bonds. The standard InChI is InChI=1S/C22H27N3O/c26-22(24-20-12-6-10-18-9-4-5-11-19(18)20)21-16-25(14-13-23-21)15-17-7-2-1-3-8-17/h1-5,7-9,11,20-21,23H,6,10,12-16H2,(H,24,26)/t20-,21+/m1/s1. The fourth-order valence-corrected chi connectivity index (χ4v) is 4.15. The Morgan fingerprint density at radius 1 is 1.12 bits per heavy atom. The lowest BCUT2D eigenvalue weighted by Crippen LogP contribution is -2.57. The number of benzene rings is 2. The zero-order valence-corrected chi connectivity index (χ0v) is 15.2. The Bertz CT molecular complexity index is 746. The highest BCUT2D eigenvalue weighted by molar-refractivity contribution is 5.82. The molecule has 4 heteroatoms. The molecule has 0 radical (unpaired) electrons. The van der Waals surface area contributed by atoms with Crippen molar-refractivity contribution in [1.29, 1.82) is 0 Å². The van der Waals surface area contributed by atoms with E-state index in [-0.39, 0.29) is 18.0 Å². The lowest BCUT2D eigenvalue weighted by molar-refractivity contribution is -0.125. The van der Waals surface area contributed by atoms with Crippen molar-refractivity contribution in [2.45, 2.75) is 37.9 Å². The van der Waals surface area contributed by atoms with Crippen molar-refractivity contribution in [3.05, 3.63) is 71.3 Å². The van der Waals surface area contributed by atoms with E-state index < -0.39 is 0 Å². The third-order valence-electron chi connectivity index (χ3n) is 5.51. The summed E-state index contributed by atoms with van der Waals surface area (Å²) in [6.07, 6.45) is 3.29. The number of hydrogen-bond donors (Lipinski definition) is 2. The second-order valence-electron chi connectivity index (χ2n) is 7.38. The highest BCUT2D eigenvalue weighted by Crippen LogP contribution is 2.29. The number of piperazine rings is 1. The van der Waals surface area contributed by atoms with Gasteiger partial charge in [0.05, 0.1) is 12.1 Å². The van der Waals surface area contributed by atoms with Crippen LogP contribution in [0, 0.1) is 0 Å². The van der Waals surface area contributed by atoms with Crippen LogP contribution in [-0.4, -0.2) is 36.5 Å². The molecule has 1 fully saturated rings. The number of nitrogens with one attached hydrogen (secondary N) is 2. The Morgan fingerprint density at radius 2 is 1.92 bits per heavy atom. The first-order valence-electron chi connectivity index (χ1n) is 9.67. The Labute approximate surface area is 155 Å². The lowest BCUT2D eigenvalue weighted by Gasteiger charge is -2.34. The molecule has 0 aromatic heterocycles. The molecule has 0 spiro atoms. The van der Waals surface area contributed by atoms with E-state index in [9.17, 15) is 4.79 Å². The normalized spacial score (nSPS) is 23.2. The Balaban J connectivity index is 1.38. The molecule has 0 unspecified atom stereocenters. The third kappa shape index (κ3) is 3.97. The van der Waals surface area contributed by atoms with Gasteiger partial charge in [0.2, 0.25) is 5.91 Å². The first-order valence-corrected chi connectivity index (χ1v) is 9.67. The van der Waals surface area contributed by atoms with Crippen molar-refractivity contribution >= 4 is 5.91 Å². The largest absolute Gasteiger partial charge is 0.348 e. The number of nitrogens with zero attached hydrogens (tertiary/aromatic N) is 1. The summed E-state index contributed by atoms with van der Waals surface area (Å²) in [7, 11) is 0. The van der Waals surface area contributed by atoms with Gasteiger partial charge < -0.3 is 10.6 Å². The van der Waals surface area contributed by atoms with Gasteiger partial charge in [0.25, 0.3) is 0 Å². The van der Waals surface area contributed by atoms with Gasteiger partial charge >= 0.3 is 0 Å². The molecule has 4 nitrogen and oxygen atoms in total. The summed E-state index contributed by atoms with van der Waals surface area (Å²) in [5.41, 5.74) is 3.98. The Kier molecular flexibility index (Phi) is 5.32. The molecule has 2 aromatic carbocycles. The van der Waals surface area contributed by atoms with Crippen LogP contribution in [0.4, 0.5) is 0 Å². The molecule has 2 N–H and O–H groups in total. The van der Waals surface area contributed by atoms with E-state index in [0.717, 1.165) is 45.4 Å². The first kappa shape index (κ1) is 17.3. The minimum atomic E-state index is -0.137. The average Bonchev–Trinajstić information content (AvgIpc) is 2.69. The topological polar surface area (TPSA) is 44.4 Å². The quantitative estimate of drug-likeness (QED) is 0.892. The van der Waals surface area contributed by atoms with Crippen LogP contribution in [0.25, 0.3) is 0 Å². The SMILES string of the molecule is O=C(N[C@@H]1CCCc2ccccc21)[C@@H]1CN(Cc2ccccc2)CCN1. The van der Waals surface area contributed by atoms with Crippen LogP contribution in [-0.2, 0) is 17.8 Å². The van der Waals surface area contributed by atoms with E-state index >= 15 is 0 Å². The van der Waals surface area contributed by atoms with E-state index in [1.807, 2.05) is 6.07 Å². The maximum atomic E-state index is 12.9. The molecule has 0 bridgehead atoms. The predicted molar refractivity (Wildman–Crippen MR) is 104 cm³/mol. The summed E-state index contributed by atoms with van der Waals surface area (Å²) < 4.78 is 0. The summed E-state index contributed by atoms with van der Waals surface area (Å²) in [5.74, 6) is 0.129. The van der Waals surface area contributed by atoms with E-state index in [2.05, 4.69) is 64.1 Å². The molecular formula is C22H27N3O. The molecule has 136 valence electrons. The summed E-state index contributed by atoms with van der Waals surface area (Å²) in [5, 5.41) is 6.70. The summed E-state index contributed by atoms with van der Waals surface area (Å²) in [6.45, 7) is 3.49. The number of rotatable bonds is 4. The molecular weight excluding hydrogens is 322 g/mol. The van der Waals surface area contributed by atoms with Crippen molar-refractivity contribution < 1.29 is 4.79 Å². The van der Waals surface area contributed by atoms with Crippen LogP contribution in [0.3, 0.4) is 0 Å². The lowest BCUT2D eigenvalue weighted by atomic mass is 9.87. The van der Waals surface area contributed by atoms with E-state index in [1.165, 1.54) is 16.7 Å². The zero-order chi connectivity index (χ0) is 17.8. The third-order valence-corrected chi connectivity index (χ3v) is 5.51. The van der Waals surface area contributed by atoms with E-state index in [4.69, 9.17) is 0 Å². The molecule has 1 saturated heterocycles. The fraction of sp³-hybridized carbons (Fsp3) is 0.409. The second kappa shape index (κ2) is 8.02. The molecule has 4 rings (SSSR count). The highest BCUT2D eigenvalue weighted by atomic mass is 16.2. The van der Waals surface area contributed by atoms with Gasteiger partial charge in [0.15, 0.2) is 0 Å². The van der Waals surface area contributed by atoms with Crippen molar-refractivity contribution in [2.24, 2.45) is 0 Å². The molecule has 1 heterocycles. The zero-order valence-electron chi connectivity index (χ0n) is 15.2. The highest BCUT2D eigenvalue weighted by Gasteiger charge is 2.28. The maximum absolute atomic E-state index is 12.9. The Hall–Kier alpha value is -2.17. The summed E-state index contributed by atoms with van der Waals surface area (Å²) in [4.78, 5) is 15.2. The molecule has 0 saturated carbocycles. The van der Waals surface area contributed by atoms with Gasteiger partial charge in [0.1, 0.15) is 0 Å². The van der Waals surface area contributed by atoms with Crippen LogP contribution in [0.15, 0.2) is 54.6 Å². The van der Waals surface area contributed by atoms with Gasteiger partial charge in [-0.1, -0.05) is 54.6 Å². The molecule has 2 aliphatic rings. The molecule has 2 atom stereocenters. The maximum Gasteiger partial charge on any atom is 0.238 e. The van der Waals surface area contributed by atoms with Crippen LogP contribution in [0.1, 0.15) is 35.6 Å². The minimum Gasteiger partial charge on any atom is -0.348 e. The van der Waals surface area contributed by atoms with Gasteiger partial charge in [-0.2, -0.15) is 0 Å². The number of fused-ring (bicyclic) bond motifs is 1. The van der Waals surface area contributed by atoms with Gasteiger partial charge in [0, 0.05) is 26.2 Å².